The molecular formula is C16H18N4O5S. The van der Waals surface area contributed by atoms with E-state index in [0.717, 1.165) is 0 Å². The van der Waals surface area contributed by atoms with Crippen LogP contribution in [0, 0.1) is 0 Å². The molecule has 3 N–H and O–H groups in total. The number of nitrogens with zero attached hydrogens (tertiary/aromatic N) is 1. The highest BCUT2D eigenvalue weighted by molar-refractivity contribution is 7.89. The van der Waals surface area contributed by atoms with Gasteiger partial charge in [0.05, 0.1) is 28.1 Å². The molecule has 1 aromatic carbocycles. The molecule has 0 aliphatic rings. The first-order valence-corrected chi connectivity index (χ1v) is 9.22. The van der Waals surface area contributed by atoms with Crippen molar-refractivity contribution in [2.24, 2.45) is 0 Å². The van der Waals surface area contributed by atoms with Crippen molar-refractivity contribution in [2.45, 2.75) is 10.9 Å². The van der Waals surface area contributed by atoms with Crippen LogP contribution in [0.3, 0.4) is 0 Å². The molecule has 3 aromatic rings. The van der Waals surface area contributed by atoms with E-state index in [9.17, 15) is 18.0 Å². The Labute approximate surface area is 148 Å². The van der Waals surface area contributed by atoms with Crippen LogP contribution in [0.2, 0.25) is 0 Å². The van der Waals surface area contributed by atoms with E-state index in [1.807, 2.05) is 19.0 Å². The lowest BCUT2D eigenvalue weighted by Gasteiger charge is -2.22. The van der Waals surface area contributed by atoms with Gasteiger partial charge in [-0.2, -0.15) is 0 Å². The summed E-state index contributed by atoms with van der Waals surface area (Å²) in [4.78, 5) is 29.4. The zero-order valence-corrected chi connectivity index (χ0v) is 15.0. The summed E-state index contributed by atoms with van der Waals surface area (Å²) < 4.78 is 33.1. The Hall–Kier alpha value is -2.69. The predicted octanol–water partition coefficient (Wildman–Crippen LogP) is 0.391. The van der Waals surface area contributed by atoms with Gasteiger partial charge in [-0.1, -0.05) is 0 Å². The lowest BCUT2D eigenvalue weighted by atomic mass is 10.2. The molecule has 138 valence electrons. The molecule has 3 rings (SSSR count). The van der Waals surface area contributed by atoms with Crippen molar-refractivity contribution in [3.63, 3.8) is 0 Å². The van der Waals surface area contributed by atoms with Crippen molar-refractivity contribution in [1.82, 2.24) is 19.6 Å². The second-order valence-electron chi connectivity index (χ2n) is 5.96. The minimum absolute atomic E-state index is 0.0699. The van der Waals surface area contributed by atoms with E-state index in [-0.39, 0.29) is 28.4 Å². The summed E-state index contributed by atoms with van der Waals surface area (Å²) in [6.07, 6.45) is 1.52. The molecule has 0 saturated carbocycles. The Morgan fingerprint density at radius 2 is 1.96 bits per heavy atom. The van der Waals surface area contributed by atoms with Gasteiger partial charge in [-0.05, 0) is 44.4 Å². The molecule has 0 aliphatic heterocycles. The van der Waals surface area contributed by atoms with Gasteiger partial charge in [0.25, 0.3) is 5.56 Å². The number of nitrogens with one attached hydrogen (secondary N) is 3. The van der Waals surface area contributed by atoms with Crippen LogP contribution in [-0.2, 0) is 10.0 Å². The van der Waals surface area contributed by atoms with Crippen molar-refractivity contribution in [3.8, 4) is 0 Å². The molecule has 26 heavy (non-hydrogen) atoms. The van der Waals surface area contributed by atoms with Gasteiger partial charge in [0.15, 0.2) is 0 Å². The number of aromatic nitrogens is 2. The van der Waals surface area contributed by atoms with E-state index >= 15 is 0 Å². The van der Waals surface area contributed by atoms with Crippen molar-refractivity contribution >= 4 is 20.9 Å². The van der Waals surface area contributed by atoms with Gasteiger partial charge in [-0.25, -0.2) is 17.9 Å². The summed E-state index contributed by atoms with van der Waals surface area (Å²) in [5.41, 5.74) is -1.04. The number of sulfonamides is 1. The normalized spacial score (nSPS) is 13.3. The van der Waals surface area contributed by atoms with E-state index in [2.05, 4.69) is 14.7 Å². The van der Waals surface area contributed by atoms with Crippen LogP contribution >= 0.6 is 0 Å². The zero-order valence-electron chi connectivity index (χ0n) is 14.1. The second-order valence-corrected chi connectivity index (χ2v) is 7.73. The molecule has 10 heteroatoms. The van der Waals surface area contributed by atoms with Crippen molar-refractivity contribution in [2.75, 3.05) is 20.6 Å². The van der Waals surface area contributed by atoms with Crippen molar-refractivity contribution in [1.29, 1.82) is 0 Å². The maximum atomic E-state index is 12.6. The molecule has 0 saturated heterocycles. The van der Waals surface area contributed by atoms with Crippen LogP contribution in [0.15, 0.2) is 55.5 Å². The third-order valence-electron chi connectivity index (χ3n) is 3.98. The van der Waals surface area contributed by atoms with E-state index in [1.165, 1.54) is 24.5 Å². The molecule has 0 radical (unpaired) electrons. The summed E-state index contributed by atoms with van der Waals surface area (Å²) in [6.45, 7) is 0.0862. The third-order valence-corrected chi connectivity index (χ3v) is 5.40. The zero-order chi connectivity index (χ0) is 18.9. The van der Waals surface area contributed by atoms with Crippen LogP contribution in [0.4, 0.5) is 0 Å². The lowest BCUT2D eigenvalue weighted by Crippen LogP contribution is -2.34. The molecule has 2 heterocycles. The van der Waals surface area contributed by atoms with E-state index < -0.39 is 21.3 Å². The average molecular weight is 378 g/mol. The van der Waals surface area contributed by atoms with Gasteiger partial charge in [-0.3, -0.25) is 14.7 Å². The maximum absolute atomic E-state index is 12.6. The molecule has 2 aromatic heterocycles. The quantitative estimate of drug-likeness (QED) is 0.569. The Balaban J connectivity index is 1.89. The fourth-order valence-corrected chi connectivity index (χ4v) is 3.67. The number of fused-ring (bicyclic) bond motifs is 1. The van der Waals surface area contributed by atoms with Crippen LogP contribution in [0.25, 0.3) is 10.9 Å². The first-order chi connectivity index (χ1) is 12.3. The van der Waals surface area contributed by atoms with E-state index in [1.54, 1.807) is 12.1 Å². The highest BCUT2D eigenvalue weighted by atomic mass is 32.2. The minimum Gasteiger partial charge on any atom is -0.468 e. The monoisotopic (exact) mass is 378 g/mol. The number of benzene rings is 1. The fourth-order valence-electron chi connectivity index (χ4n) is 2.60. The average Bonchev–Trinajstić information content (AvgIpc) is 3.08. The third kappa shape index (κ3) is 3.62. The van der Waals surface area contributed by atoms with Crippen molar-refractivity contribution < 1.29 is 12.8 Å². The molecule has 1 unspecified atom stereocenters. The molecule has 0 spiro atoms. The number of rotatable bonds is 6. The van der Waals surface area contributed by atoms with Crippen LogP contribution in [-0.4, -0.2) is 43.9 Å². The number of likely N-dealkylation sites (N-methyl/N-ethyl adjacent to an activating group) is 1. The summed E-state index contributed by atoms with van der Waals surface area (Å²) in [7, 11) is -0.236. The number of H-pyrrole nitrogens is 2. The molecule has 9 nitrogen and oxygen atoms in total. The van der Waals surface area contributed by atoms with Gasteiger partial charge < -0.3 is 9.40 Å². The second kappa shape index (κ2) is 6.90. The Morgan fingerprint density at radius 3 is 2.62 bits per heavy atom. The number of hydrogen-bond donors (Lipinski definition) is 3. The fraction of sp³-hybridized carbons (Fsp3) is 0.250. The minimum atomic E-state index is -3.86. The SMILES string of the molecule is CN(C)C(CNS(=O)(=O)c1ccc2[nH]c(=O)[nH]c(=O)c2c1)c1ccco1. The lowest BCUT2D eigenvalue weighted by molar-refractivity contribution is 0.259. The first kappa shape index (κ1) is 18.1. The van der Waals surface area contributed by atoms with Crippen molar-refractivity contribution in [3.05, 3.63) is 63.2 Å². The van der Waals surface area contributed by atoms with Gasteiger partial charge in [0.2, 0.25) is 10.0 Å². The largest absolute Gasteiger partial charge is 0.468 e. The topological polar surface area (TPSA) is 128 Å². The van der Waals surface area contributed by atoms with Gasteiger partial charge >= 0.3 is 5.69 Å². The summed E-state index contributed by atoms with van der Waals surface area (Å²) >= 11 is 0. The molecule has 0 bridgehead atoms. The predicted molar refractivity (Wildman–Crippen MR) is 95.5 cm³/mol. The van der Waals surface area contributed by atoms with Crippen LogP contribution < -0.4 is 16.0 Å². The highest BCUT2D eigenvalue weighted by Crippen LogP contribution is 2.19. The number of aromatic amines is 2. The van der Waals surface area contributed by atoms with E-state index in [0.29, 0.717) is 5.76 Å². The first-order valence-electron chi connectivity index (χ1n) is 7.74. The van der Waals surface area contributed by atoms with Gasteiger partial charge in [0, 0.05) is 6.54 Å². The van der Waals surface area contributed by atoms with Gasteiger partial charge in [0.1, 0.15) is 5.76 Å². The number of furan rings is 1. The number of hydrogen-bond acceptors (Lipinski definition) is 6. The highest BCUT2D eigenvalue weighted by Gasteiger charge is 2.22. The molecular weight excluding hydrogens is 360 g/mol. The Morgan fingerprint density at radius 1 is 1.19 bits per heavy atom. The standard InChI is InChI=1S/C16H18N4O5S/c1-20(2)13(14-4-3-7-25-14)9-17-26(23,24)10-5-6-12-11(8-10)15(21)19-16(22)18-12/h3-8,13,17H,9H2,1-2H3,(H2,18,19,21,22). The maximum Gasteiger partial charge on any atom is 0.326 e. The van der Waals surface area contributed by atoms with E-state index in [4.69, 9.17) is 4.42 Å². The molecule has 0 amide bonds. The smallest absolute Gasteiger partial charge is 0.326 e. The Kier molecular flexibility index (Phi) is 4.81. The Bertz CT molecular complexity index is 1130. The summed E-state index contributed by atoms with van der Waals surface area (Å²) in [5, 5.41) is 0.0858. The summed E-state index contributed by atoms with van der Waals surface area (Å²) in [5.74, 6) is 0.630. The van der Waals surface area contributed by atoms with Gasteiger partial charge in [-0.15, -0.1) is 0 Å². The molecule has 0 fully saturated rings. The molecule has 1 atom stereocenters. The van der Waals surface area contributed by atoms with Crippen LogP contribution in [0.5, 0.6) is 0 Å². The molecule has 0 aliphatic carbocycles. The summed E-state index contributed by atoms with van der Waals surface area (Å²) in [6, 6.07) is 7.15. The van der Waals surface area contributed by atoms with Crippen LogP contribution in [0.1, 0.15) is 11.8 Å².